The predicted molar refractivity (Wildman–Crippen MR) is 84.8 cm³/mol. The van der Waals surface area contributed by atoms with Gasteiger partial charge in [0, 0.05) is 17.1 Å². The minimum atomic E-state index is -0.130. The van der Waals surface area contributed by atoms with Crippen molar-refractivity contribution in [3.63, 3.8) is 0 Å². The molecule has 2 rings (SSSR count). The molecule has 1 unspecified atom stereocenters. The molecule has 2 nitrogen and oxygen atoms in total. The highest BCUT2D eigenvalue weighted by Crippen LogP contribution is 2.31. The average molecular weight is 314 g/mol. The van der Waals surface area contributed by atoms with Gasteiger partial charge in [-0.15, -0.1) is 0 Å². The van der Waals surface area contributed by atoms with E-state index in [1.54, 1.807) is 18.2 Å². The minimum absolute atomic E-state index is 0.0840. The normalized spacial score (nSPS) is 16.4. The minimum Gasteiger partial charge on any atom is -0.293 e. The second-order valence-corrected chi connectivity index (χ2v) is 6.45. The molecule has 20 heavy (non-hydrogen) atoms. The molecule has 4 heteroatoms. The van der Waals surface area contributed by atoms with E-state index in [-0.39, 0.29) is 11.8 Å². The quantitative estimate of drug-likeness (QED) is 0.681. The molecule has 0 aromatic heterocycles. The summed E-state index contributed by atoms with van der Waals surface area (Å²) >= 11 is 12.0. The van der Waals surface area contributed by atoms with E-state index in [9.17, 15) is 4.79 Å². The maximum atomic E-state index is 12.6. The van der Waals surface area contributed by atoms with Crippen LogP contribution >= 0.6 is 23.2 Å². The van der Waals surface area contributed by atoms with Crippen molar-refractivity contribution in [2.45, 2.75) is 39.2 Å². The molecular formula is C16H21Cl2NO. The largest absolute Gasteiger partial charge is 0.293 e. The van der Waals surface area contributed by atoms with E-state index < -0.39 is 0 Å². The van der Waals surface area contributed by atoms with Crippen LogP contribution in [0.4, 0.5) is 0 Å². The van der Waals surface area contributed by atoms with Crippen molar-refractivity contribution >= 4 is 29.0 Å². The summed E-state index contributed by atoms with van der Waals surface area (Å²) in [4.78, 5) is 14.9. The molecule has 0 spiro atoms. The molecule has 0 bridgehead atoms. The molecular weight excluding hydrogens is 293 g/mol. The van der Waals surface area contributed by atoms with Crippen LogP contribution in [0.2, 0.25) is 10.0 Å². The van der Waals surface area contributed by atoms with E-state index in [0.29, 0.717) is 15.6 Å². The van der Waals surface area contributed by atoms with Crippen LogP contribution in [0.15, 0.2) is 18.2 Å². The molecule has 110 valence electrons. The van der Waals surface area contributed by atoms with Crippen LogP contribution in [0.5, 0.6) is 0 Å². The van der Waals surface area contributed by atoms with Gasteiger partial charge in [0.1, 0.15) is 0 Å². The smallest absolute Gasteiger partial charge is 0.181 e. The SMILES string of the molecule is CCCN(CC1CC1)C(C)C(=O)c1ccc(Cl)cc1Cl. The molecule has 0 saturated heterocycles. The maximum Gasteiger partial charge on any atom is 0.181 e. The highest BCUT2D eigenvalue weighted by Gasteiger charge is 2.29. The molecule has 0 N–H and O–H groups in total. The Kier molecular flexibility index (Phi) is 5.48. The standard InChI is InChI=1S/C16H21Cl2NO/c1-3-8-19(10-12-4-5-12)11(2)16(20)14-7-6-13(17)9-15(14)18/h6-7,9,11-12H,3-5,8,10H2,1-2H3. The van der Waals surface area contributed by atoms with Gasteiger partial charge < -0.3 is 0 Å². The van der Waals surface area contributed by atoms with Crippen molar-refractivity contribution < 1.29 is 4.79 Å². The van der Waals surface area contributed by atoms with E-state index in [4.69, 9.17) is 23.2 Å². The van der Waals surface area contributed by atoms with Crippen molar-refractivity contribution in [1.82, 2.24) is 4.90 Å². The molecule has 0 radical (unpaired) electrons. The van der Waals surface area contributed by atoms with Crippen LogP contribution in [0.3, 0.4) is 0 Å². The van der Waals surface area contributed by atoms with Crippen LogP contribution in [-0.4, -0.2) is 29.8 Å². The predicted octanol–water partition coefficient (Wildman–Crippen LogP) is 4.69. The lowest BCUT2D eigenvalue weighted by Crippen LogP contribution is -2.41. The summed E-state index contributed by atoms with van der Waals surface area (Å²) in [6, 6.07) is 4.95. The fraction of sp³-hybridized carbons (Fsp3) is 0.562. The van der Waals surface area contributed by atoms with E-state index in [2.05, 4.69) is 11.8 Å². The van der Waals surface area contributed by atoms with E-state index in [1.165, 1.54) is 12.8 Å². The van der Waals surface area contributed by atoms with Crippen molar-refractivity contribution in [3.05, 3.63) is 33.8 Å². The van der Waals surface area contributed by atoms with E-state index >= 15 is 0 Å². The molecule has 1 aromatic carbocycles. The lowest BCUT2D eigenvalue weighted by Gasteiger charge is -2.28. The zero-order chi connectivity index (χ0) is 14.7. The first-order valence-electron chi connectivity index (χ1n) is 7.26. The Bertz CT molecular complexity index is 485. The second kappa shape index (κ2) is 6.93. The lowest BCUT2D eigenvalue weighted by atomic mass is 10.0. The zero-order valence-corrected chi connectivity index (χ0v) is 13.5. The number of halogens is 2. The summed E-state index contributed by atoms with van der Waals surface area (Å²) in [5.41, 5.74) is 0.570. The Morgan fingerprint density at radius 2 is 2.10 bits per heavy atom. The molecule has 1 aliphatic rings. The third-order valence-corrected chi connectivity index (χ3v) is 4.37. The Balaban J connectivity index is 2.12. The third-order valence-electron chi connectivity index (χ3n) is 3.82. The molecule has 1 aromatic rings. The van der Waals surface area contributed by atoms with Crippen molar-refractivity contribution in [3.8, 4) is 0 Å². The molecule has 0 aliphatic heterocycles. The zero-order valence-electron chi connectivity index (χ0n) is 12.0. The van der Waals surface area contributed by atoms with Crippen LogP contribution in [0, 0.1) is 5.92 Å². The third kappa shape index (κ3) is 3.97. The lowest BCUT2D eigenvalue weighted by molar-refractivity contribution is 0.0831. The van der Waals surface area contributed by atoms with E-state index in [1.807, 2.05) is 6.92 Å². The van der Waals surface area contributed by atoms with Gasteiger partial charge in [-0.2, -0.15) is 0 Å². The number of hydrogen-bond acceptors (Lipinski definition) is 2. The first kappa shape index (κ1) is 15.8. The van der Waals surface area contributed by atoms with Gasteiger partial charge in [-0.1, -0.05) is 30.1 Å². The van der Waals surface area contributed by atoms with Crippen molar-refractivity contribution in [2.75, 3.05) is 13.1 Å². The molecule has 1 saturated carbocycles. The summed E-state index contributed by atoms with van der Waals surface area (Å²) in [5, 5.41) is 1.000. The van der Waals surface area contributed by atoms with Gasteiger partial charge in [0.2, 0.25) is 0 Å². The first-order chi connectivity index (χ1) is 9.52. The highest BCUT2D eigenvalue weighted by molar-refractivity contribution is 6.37. The number of carbonyl (C=O) groups is 1. The second-order valence-electron chi connectivity index (χ2n) is 5.60. The first-order valence-corrected chi connectivity index (χ1v) is 8.01. The summed E-state index contributed by atoms with van der Waals surface area (Å²) in [5.74, 6) is 0.859. The fourth-order valence-corrected chi connectivity index (χ4v) is 2.94. The van der Waals surface area contributed by atoms with Gasteiger partial charge in [0.05, 0.1) is 11.1 Å². The van der Waals surface area contributed by atoms with Gasteiger partial charge in [-0.05, 0) is 56.8 Å². The summed E-state index contributed by atoms with van der Waals surface area (Å²) in [7, 11) is 0. The number of hydrogen-bond donors (Lipinski definition) is 0. The molecule has 0 heterocycles. The molecule has 1 fully saturated rings. The van der Waals surface area contributed by atoms with Gasteiger partial charge >= 0.3 is 0 Å². The number of Topliss-reactive ketones (excluding diaryl/α,β-unsaturated/α-hetero) is 1. The van der Waals surface area contributed by atoms with Crippen LogP contribution in [0.25, 0.3) is 0 Å². The highest BCUT2D eigenvalue weighted by atomic mass is 35.5. The summed E-state index contributed by atoms with van der Waals surface area (Å²) in [6.07, 6.45) is 3.64. The molecule has 1 atom stereocenters. The van der Waals surface area contributed by atoms with Crippen LogP contribution < -0.4 is 0 Å². The molecule has 1 aliphatic carbocycles. The average Bonchev–Trinajstić information content (AvgIpc) is 3.21. The van der Waals surface area contributed by atoms with Gasteiger partial charge in [0.25, 0.3) is 0 Å². The van der Waals surface area contributed by atoms with E-state index in [0.717, 1.165) is 25.4 Å². The van der Waals surface area contributed by atoms with Crippen LogP contribution in [0.1, 0.15) is 43.5 Å². The Morgan fingerprint density at radius 3 is 2.65 bits per heavy atom. The van der Waals surface area contributed by atoms with Crippen molar-refractivity contribution in [2.24, 2.45) is 5.92 Å². The number of nitrogens with zero attached hydrogens (tertiary/aromatic N) is 1. The van der Waals surface area contributed by atoms with Gasteiger partial charge in [-0.25, -0.2) is 0 Å². The van der Waals surface area contributed by atoms with Gasteiger partial charge in [0.15, 0.2) is 5.78 Å². The number of benzene rings is 1. The molecule has 0 amide bonds. The van der Waals surface area contributed by atoms with Gasteiger partial charge in [-0.3, -0.25) is 9.69 Å². The topological polar surface area (TPSA) is 20.3 Å². The van der Waals surface area contributed by atoms with Crippen molar-refractivity contribution in [1.29, 1.82) is 0 Å². The number of ketones is 1. The fourth-order valence-electron chi connectivity index (χ4n) is 2.44. The summed E-state index contributed by atoms with van der Waals surface area (Å²) in [6.45, 7) is 6.10. The monoisotopic (exact) mass is 313 g/mol. The Hall–Kier alpha value is -0.570. The van der Waals surface area contributed by atoms with Crippen LogP contribution in [-0.2, 0) is 0 Å². The Morgan fingerprint density at radius 1 is 1.40 bits per heavy atom. The Labute approximate surface area is 131 Å². The summed E-state index contributed by atoms with van der Waals surface area (Å²) < 4.78 is 0. The number of rotatable bonds is 7. The maximum absolute atomic E-state index is 12.6. The number of carbonyl (C=O) groups excluding carboxylic acids is 1.